The van der Waals surface area contributed by atoms with E-state index in [9.17, 15) is 13.2 Å². The Morgan fingerprint density at radius 3 is 2.79 bits per heavy atom. The maximum Gasteiger partial charge on any atom is 0.337 e. The highest BCUT2D eigenvalue weighted by atomic mass is 32.2. The number of nitrogens with one attached hydrogen (secondary N) is 1. The number of sulfone groups is 1. The van der Waals surface area contributed by atoms with E-state index >= 15 is 0 Å². The molecule has 3 N–H and O–H groups in total. The molecular weight excluding hydrogens is 268 g/mol. The van der Waals surface area contributed by atoms with Gasteiger partial charge in [0.1, 0.15) is 0 Å². The first-order chi connectivity index (χ1) is 8.94. The summed E-state index contributed by atoms with van der Waals surface area (Å²) in [5, 5.41) is 2.61. The first-order valence-corrected chi connectivity index (χ1v) is 7.59. The summed E-state index contributed by atoms with van der Waals surface area (Å²) in [5.74, 6) is -0.212. The fourth-order valence-electron chi connectivity index (χ4n) is 1.88. The molecule has 7 heteroatoms. The Labute approximate surface area is 111 Å². The number of esters is 1. The summed E-state index contributed by atoms with van der Waals surface area (Å²) in [6.45, 7) is 0.303. The minimum absolute atomic E-state index is 0.247. The van der Waals surface area contributed by atoms with Crippen LogP contribution in [0.15, 0.2) is 18.2 Å². The summed E-state index contributed by atoms with van der Waals surface area (Å²) >= 11 is 0. The highest BCUT2D eigenvalue weighted by Gasteiger charge is 2.35. The van der Waals surface area contributed by atoms with Crippen molar-refractivity contribution in [2.24, 2.45) is 0 Å². The lowest BCUT2D eigenvalue weighted by Crippen LogP contribution is -2.41. The van der Waals surface area contributed by atoms with Gasteiger partial charge in [0.05, 0.1) is 35.1 Å². The molecule has 1 fully saturated rings. The van der Waals surface area contributed by atoms with Crippen molar-refractivity contribution in [1.29, 1.82) is 0 Å². The molecule has 1 unspecified atom stereocenters. The highest BCUT2D eigenvalue weighted by molar-refractivity contribution is 7.93. The van der Waals surface area contributed by atoms with Crippen LogP contribution in [0.1, 0.15) is 16.8 Å². The lowest BCUT2D eigenvalue weighted by atomic mass is 10.1. The van der Waals surface area contributed by atoms with Gasteiger partial charge in [-0.2, -0.15) is 0 Å². The van der Waals surface area contributed by atoms with Crippen molar-refractivity contribution in [2.45, 2.75) is 11.7 Å². The SMILES string of the molecule is COC(=O)c1ccc(N)c(NCC2CCS2(=O)=O)c1. The number of carbonyl (C=O) groups is 1. The molecule has 104 valence electrons. The largest absolute Gasteiger partial charge is 0.465 e. The van der Waals surface area contributed by atoms with E-state index in [0.717, 1.165) is 0 Å². The molecule has 0 spiro atoms. The Bertz CT molecular complexity index is 598. The molecule has 1 aliphatic rings. The van der Waals surface area contributed by atoms with Crippen LogP contribution in [0.25, 0.3) is 0 Å². The molecule has 0 aliphatic carbocycles. The van der Waals surface area contributed by atoms with Crippen molar-refractivity contribution < 1.29 is 17.9 Å². The summed E-state index contributed by atoms with van der Waals surface area (Å²) in [6, 6.07) is 4.71. The van der Waals surface area contributed by atoms with Crippen molar-refractivity contribution >= 4 is 27.2 Å². The zero-order valence-electron chi connectivity index (χ0n) is 10.5. The predicted molar refractivity (Wildman–Crippen MR) is 72.9 cm³/mol. The van der Waals surface area contributed by atoms with Crippen molar-refractivity contribution in [2.75, 3.05) is 30.5 Å². The minimum atomic E-state index is -2.93. The Kier molecular flexibility index (Phi) is 3.66. The Morgan fingerprint density at radius 1 is 1.53 bits per heavy atom. The quantitative estimate of drug-likeness (QED) is 0.622. The number of rotatable bonds is 4. The van der Waals surface area contributed by atoms with E-state index in [0.29, 0.717) is 29.9 Å². The van der Waals surface area contributed by atoms with Crippen LogP contribution >= 0.6 is 0 Å². The van der Waals surface area contributed by atoms with Gasteiger partial charge in [0.25, 0.3) is 0 Å². The number of hydrogen-bond donors (Lipinski definition) is 2. The average Bonchev–Trinajstić information content (AvgIpc) is 2.39. The molecule has 0 radical (unpaired) electrons. The van der Waals surface area contributed by atoms with Crippen molar-refractivity contribution in [3.63, 3.8) is 0 Å². The zero-order chi connectivity index (χ0) is 14.0. The minimum Gasteiger partial charge on any atom is -0.465 e. The van der Waals surface area contributed by atoms with Gasteiger partial charge < -0.3 is 15.8 Å². The molecule has 2 rings (SSSR count). The number of hydrogen-bond acceptors (Lipinski definition) is 6. The predicted octanol–water partition coefficient (Wildman–Crippen LogP) is 0.654. The monoisotopic (exact) mass is 284 g/mol. The molecular formula is C12H16N2O4S. The van der Waals surface area contributed by atoms with E-state index in [4.69, 9.17) is 5.73 Å². The van der Waals surface area contributed by atoms with Crippen LogP contribution in [0.5, 0.6) is 0 Å². The molecule has 1 atom stereocenters. The van der Waals surface area contributed by atoms with E-state index in [1.807, 2.05) is 0 Å². The van der Waals surface area contributed by atoms with Gasteiger partial charge in [-0.3, -0.25) is 0 Å². The van der Waals surface area contributed by atoms with E-state index in [1.165, 1.54) is 7.11 Å². The smallest absolute Gasteiger partial charge is 0.337 e. The highest BCUT2D eigenvalue weighted by Crippen LogP contribution is 2.24. The van der Waals surface area contributed by atoms with E-state index in [1.54, 1.807) is 18.2 Å². The number of methoxy groups -OCH3 is 1. The number of nitrogen functional groups attached to an aromatic ring is 1. The number of anilines is 2. The van der Waals surface area contributed by atoms with E-state index < -0.39 is 15.8 Å². The maximum atomic E-state index is 11.4. The molecule has 0 bridgehead atoms. The van der Waals surface area contributed by atoms with Crippen LogP contribution in [0.2, 0.25) is 0 Å². The fourth-order valence-corrected chi connectivity index (χ4v) is 3.18. The van der Waals surface area contributed by atoms with Crippen molar-refractivity contribution in [3.05, 3.63) is 23.8 Å². The summed E-state index contributed by atoms with van der Waals surface area (Å²) in [4.78, 5) is 11.4. The summed E-state index contributed by atoms with van der Waals surface area (Å²) in [5.41, 5.74) is 7.16. The summed E-state index contributed by atoms with van der Waals surface area (Å²) in [6.07, 6.45) is 0.659. The second-order valence-corrected chi connectivity index (χ2v) is 6.85. The number of ether oxygens (including phenoxy) is 1. The average molecular weight is 284 g/mol. The van der Waals surface area contributed by atoms with E-state index in [-0.39, 0.29) is 11.0 Å². The van der Waals surface area contributed by atoms with Gasteiger partial charge in [-0.15, -0.1) is 0 Å². The first-order valence-electron chi connectivity index (χ1n) is 5.87. The molecule has 0 saturated carbocycles. The van der Waals surface area contributed by atoms with Gasteiger partial charge in [-0.25, -0.2) is 13.2 Å². The van der Waals surface area contributed by atoms with Gasteiger partial charge >= 0.3 is 5.97 Å². The topological polar surface area (TPSA) is 98.5 Å². The molecule has 1 aliphatic heterocycles. The Balaban J connectivity index is 2.09. The summed E-state index contributed by atoms with van der Waals surface area (Å²) < 4.78 is 27.4. The van der Waals surface area contributed by atoms with Crippen LogP contribution in [-0.2, 0) is 14.6 Å². The molecule has 1 heterocycles. The van der Waals surface area contributed by atoms with Crippen LogP contribution in [0.3, 0.4) is 0 Å². The molecule has 1 aromatic carbocycles. The third-order valence-electron chi connectivity index (χ3n) is 3.23. The Hall–Kier alpha value is -1.76. The van der Waals surface area contributed by atoms with Crippen molar-refractivity contribution in [1.82, 2.24) is 0 Å². The van der Waals surface area contributed by atoms with Crippen LogP contribution < -0.4 is 11.1 Å². The molecule has 19 heavy (non-hydrogen) atoms. The molecule has 6 nitrogen and oxygen atoms in total. The maximum absolute atomic E-state index is 11.4. The number of benzene rings is 1. The molecule has 0 amide bonds. The van der Waals surface area contributed by atoms with Crippen LogP contribution in [0, 0.1) is 0 Å². The molecule has 1 aromatic rings. The van der Waals surface area contributed by atoms with E-state index in [2.05, 4.69) is 10.1 Å². The van der Waals surface area contributed by atoms with Gasteiger partial charge in [-0.05, 0) is 24.6 Å². The Morgan fingerprint density at radius 2 is 2.26 bits per heavy atom. The first kappa shape index (κ1) is 13.7. The van der Waals surface area contributed by atoms with Crippen LogP contribution in [0.4, 0.5) is 11.4 Å². The molecule has 0 aromatic heterocycles. The van der Waals surface area contributed by atoms with Crippen LogP contribution in [-0.4, -0.2) is 39.0 Å². The fraction of sp³-hybridized carbons (Fsp3) is 0.417. The second kappa shape index (κ2) is 5.08. The van der Waals surface area contributed by atoms with Gasteiger partial charge in [0, 0.05) is 6.54 Å². The van der Waals surface area contributed by atoms with Crippen molar-refractivity contribution in [3.8, 4) is 0 Å². The zero-order valence-corrected chi connectivity index (χ0v) is 11.4. The number of nitrogens with two attached hydrogens (primary N) is 1. The third kappa shape index (κ3) is 2.81. The van der Waals surface area contributed by atoms with Gasteiger partial charge in [0.2, 0.25) is 0 Å². The molecule has 1 saturated heterocycles. The third-order valence-corrected chi connectivity index (χ3v) is 5.45. The van der Waals surface area contributed by atoms with Gasteiger partial charge in [0.15, 0.2) is 9.84 Å². The second-order valence-electron chi connectivity index (χ2n) is 4.45. The normalized spacial score (nSPS) is 20.4. The standard InChI is InChI=1S/C12H16N2O4S/c1-18-12(15)8-2-3-10(13)11(6-8)14-7-9-4-5-19(9,16)17/h2-3,6,9,14H,4-5,7,13H2,1H3. The lowest BCUT2D eigenvalue weighted by Gasteiger charge is -2.26. The number of carbonyl (C=O) groups excluding carboxylic acids is 1. The lowest BCUT2D eigenvalue weighted by molar-refractivity contribution is 0.0601. The summed E-state index contributed by atoms with van der Waals surface area (Å²) in [7, 11) is -1.63. The van der Waals surface area contributed by atoms with Gasteiger partial charge in [-0.1, -0.05) is 0 Å².